The molecule has 0 aliphatic heterocycles. The van der Waals surface area contributed by atoms with E-state index in [9.17, 15) is 0 Å². The van der Waals surface area contributed by atoms with Gasteiger partial charge in [-0.05, 0) is 25.8 Å². The average Bonchev–Trinajstić information content (AvgIpc) is 2.82. The number of nitrogens with zero attached hydrogens (tertiary/aromatic N) is 2. The normalized spacial score (nSPS) is 17.5. The third kappa shape index (κ3) is 3.73. The second-order valence-electron chi connectivity index (χ2n) is 5.25. The highest BCUT2D eigenvalue weighted by molar-refractivity contribution is 5.79. The molecule has 1 aromatic rings. The molecule has 1 heterocycles. The number of nitrogens with two attached hydrogens (primary N) is 1. The van der Waals surface area contributed by atoms with Crippen LogP contribution in [0.4, 0.5) is 0 Å². The Labute approximate surface area is 114 Å². The molecule has 2 rings (SSSR count). The summed E-state index contributed by atoms with van der Waals surface area (Å²) in [5.74, 6) is 7.31. The molecular formula is C14H24N4O. The Morgan fingerprint density at radius 1 is 1.47 bits per heavy atom. The molecule has 0 radical (unpaired) electrons. The van der Waals surface area contributed by atoms with Gasteiger partial charge in [-0.3, -0.25) is 5.43 Å². The molecular weight excluding hydrogens is 240 g/mol. The summed E-state index contributed by atoms with van der Waals surface area (Å²) in [5.41, 5.74) is 3.89. The minimum atomic E-state index is 0.410. The zero-order valence-corrected chi connectivity index (χ0v) is 11.9. The Morgan fingerprint density at radius 3 is 2.79 bits per heavy atom. The lowest BCUT2D eigenvalue weighted by atomic mass is 9.96. The molecule has 19 heavy (non-hydrogen) atoms. The number of hydrogen-bond donors (Lipinski definition) is 2. The molecule has 5 nitrogen and oxygen atoms in total. The van der Waals surface area contributed by atoms with Crippen molar-refractivity contribution in [3.05, 3.63) is 23.7 Å². The number of nitrogens with one attached hydrogen (secondary N) is 1. The first kappa shape index (κ1) is 13.9. The maximum absolute atomic E-state index is 5.61. The highest BCUT2D eigenvalue weighted by Crippen LogP contribution is 2.20. The van der Waals surface area contributed by atoms with Gasteiger partial charge in [-0.25, -0.2) is 10.8 Å². The zero-order chi connectivity index (χ0) is 13.7. The summed E-state index contributed by atoms with van der Waals surface area (Å²) < 4.78 is 5.31. The molecule has 1 saturated carbocycles. The maximum Gasteiger partial charge on any atom is 0.208 e. The fraction of sp³-hybridized carbons (Fsp3) is 0.643. The van der Waals surface area contributed by atoms with Crippen molar-refractivity contribution in [1.29, 1.82) is 0 Å². The van der Waals surface area contributed by atoms with Gasteiger partial charge in [0.2, 0.25) is 5.96 Å². The summed E-state index contributed by atoms with van der Waals surface area (Å²) in [5, 5.41) is 0. The Morgan fingerprint density at radius 2 is 2.21 bits per heavy atom. The minimum absolute atomic E-state index is 0.410. The van der Waals surface area contributed by atoms with Crippen molar-refractivity contribution >= 4 is 5.96 Å². The van der Waals surface area contributed by atoms with E-state index in [1.165, 1.54) is 32.1 Å². The van der Waals surface area contributed by atoms with Crippen LogP contribution in [0.5, 0.6) is 0 Å². The summed E-state index contributed by atoms with van der Waals surface area (Å²) in [4.78, 5) is 6.77. The molecule has 0 saturated heterocycles. The fourth-order valence-electron chi connectivity index (χ4n) is 2.53. The molecule has 0 amide bonds. The summed E-state index contributed by atoms with van der Waals surface area (Å²) in [6, 6.07) is 2.40. The predicted octanol–water partition coefficient (Wildman–Crippen LogP) is 2.17. The van der Waals surface area contributed by atoms with E-state index in [0.29, 0.717) is 6.04 Å². The Bertz CT molecular complexity index is 421. The molecule has 1 aliphatic rings. The van der Waals surface area contributed by atoms with Gasteiger partial charge in [-0.15, -0.1) is 0 Å². The van der Waals surface area contributed by atoms with E-state index < -0.39 is 0 Å². The summed E-state index contributed by atoms with van der Waals surface area (Å²) >= 11 is 0. The Kier molecular flexibility index (Phi) is 4.85. The van der Waals surface area contributed by atoms with Crippen molar-refractivity contribution < 1.29 is 4.42 Å². The minimum Gasteiger partial charge on any atom is -0.469 e. The first-order chi connectivity index (χ1) is 9.20. The molecule has 0 spiro atoms. The lowest BCUT2D eigenvalue weighted by Gasteiger charge is -2.24. The Balaban J connectivity index is 1.99. The third-order valence-corrected chi connectivity index (χ3v) is 3.74. The van der Waals surface area contributed by atoms with E-state index in [0.717, 1.165) is 23.8 Å². The number of guanidine groups is 1. The van der Waals surface area contributed by atoms with Gasteiger partial charge >= 0.3 is 0 Å². The van der Waals surface area contributed by atoms with Gasteiger partial charge in [-0.1, -0.05) is 19.3 Å². The highest BCUT2D eigenvalue weighted by Gasteiger charge is 2.15. The van der Waals surface area contributed by atoms with Gasteiger partial charge in [0.1, 0.15) is 5.76 Å². The van der Waals surface area contributed by atoms with Crippen LogP contribution in [0, 0.1) is 6.92 Å². The number of hydrazine groups is 1. The summed E-state index contributed by atoms with van der Waals surface area (Å²) in [6.07, 6.45) is 7.94. The molecule has 3 N–H and O–H groups in total. The monoisotopic (exact) mass is 264 g/mol. The smallest absolute Gasteiger partial charge is 0.208 e. The molecule has 5 heteroatoms. The van der Waals surface area contributed by atoms with Crippen LogP contribution in [0.3, 0.4) is 0 Å². The quantitative estimate of drug-likeness (QED) is 0.380. The van der Waals surface area contributed by atoms with Crippen LogP contribution in [0.1, 0.15) is 43.4 Å². The van der Waals surface area contributed by atoms with Crippen LogP contribution < -0.4 is 11.3 Å². The molecule has 106 valence electrons. The molecule has 1 aromatic heterocycles. The van der Waals surface area contributed by atoms with Crippen LogP contribution >= 0.6 is 0 Å². The van der Waals surface area contributed by atoms with E-state index >= 15 is 0 Å². The summed E-state index contributed by atoms with van der Waals surface area (Å²) in [7, 11) is 1.99. The van der Waals surface area contributed by atoms with Crippen LogP contribution in [-0.2, 0) is 6.54 Å². The zero-order valence-electron chi connectivity index (χ0n) is 11.9. The second kappa shape index (κ2) is 6.61. The number of furan rings is 1. The predicted molar refractivity (Wildman–Crippen MR) is 76.5 cm³/mol. The molecule has 0 aromatic carbocycles. The van der Waals surface area contributed by atoms with E-state index in [2.05, 4.69) is 5.43 Å². The van der Waals surface area contributed by atoms with E-state index in [4.69, 9.17) is 15.3 Å². The van der Waals surface area contributed by atoms with Crippen LogP contribution in [0.25, 0.3) is 0 Å². The van der Waals surface area contributed by atoms with Crippen molar-refractivity contribution in [1.82, 2.24) is 10.3 Å². The lowest BCUT2D eigenvalue weighted by molar-refractivity contribution is 0.421. The van der Waals surface area contributed by atoms with Gasteiger partial charge in [0.05, 0.1) is 12.3 Å². The van der Waals surface area contributed by atoms with Crippen molar-refractivity contribution in [2.75, 3.05) is 7.05 Å². The average molecular weight is 264 g/mol. The van der Waals surface area contributed by atoms with Gasteiger partial charge in [0, 0.05) is 19.2 Å². The number of hydrogen-bond acceptors (Lipinski definition) is 3. The third-order valence-electron chi connectivity index (χ3n) is 3.74. The first-order valence-corrected chi connectivity index (χ1v) is 6.99. The van der Waals surface area contributed by atoms with Gasteiger partial charge in [-0.2, -0.15) is 0 Å². The largest absolute Gasteiger partial charge is 0.469 e. The SMILES string of the molecule is Cc1occc1CN(C)C(=NC1CCCCC1)NN. The van der Waals surface area contributed by atoms with Gasteiger partial charge in [0.15, 0.2) is 0 Å². The fourth-order valence-corrected chi connectivity index (χ4v) is 2.53. The maximum atomic E-state index is 5.61. The molecule has 1 aliphatic carbocycles. The molecule has 1 fully saturated rings. The number of aliphatic imine (C=N–C) groups is 1. The lowest BCUT2D eigenvalue weighted by Crippen LogP contribution is -2.43. The summed E-state index contributed by atoms with van der Waals surface area (Å²) in [6.45, 7) is 2.72. The van der Waals surface area contributed by atoms with Crippen molar-refractivity contribution in [2.24, 2.45) is 10.8 Å². The van der Waals surface area contributed by atoms with Crippen LogP contribution in [-0.4, -0.2) is 23.9 Å². The van der Waals surface area contributed by atoms with Crippen molar-refractivity contribution in [3.63, 3.8) is 0 Å². The molecule has 0 bridgehead atoms. The van der Waals surface area contributed by atoms with E-state index in [-0.39, 0.29) is 0 Å². The van der Waals surface area contributed by atoms with Crippen LogP contribution in [0.2, 0.25) is 0 Å². The van der Waals surface area contributed by atoms with E-state index in [1.807, 2.05) is 24.9 Å². The standard InChI is InChI=1S/C14H24N4O/c1-11-12(8-9-19-11)10-18(2)14(17-15)16-13-6-4-3-5-7-13/h8-9,13H,3-7,10,15H2,1-2H3,(H,16,17). The van der Waals surface area contributed by atoms with E-state index in [1.54, 1.807) is 6.26 Å². The van der Waals surface area contributed by atoms with Crippen molar-refractivity contribution in [2.45, 2.75) is 51.6 Å². The highest BCUT2D eigenvalue weighted by atomic mass is 16.3. The van der Waals surface area contributed by atoms with Crippen LogP contribution in [0.15, 0.2) is 21.7 Å². The van der Waals surface area contributed by atoms with Crippen molar-refractivity contribution in [3.8, 4) is 0 Å². The second-order valence-corrected chi connectivity index (χ2v) is 5.25. The number of aryl methyl sites for hydroxylation is 1. The first-order valence-electron chi connectivity index (χ1n) is 6.99. The molecule has 0 unspecified atom stereocenters. The topological polar surface area (TPSA) is 66.8 Å². The number of rotatable bonds is 3. The van der Waals surface area contributed by atoms with Gasteiger partial charge in [0.25, 0.3) is 0 Å². The van der Waals surface area contributed by atoms with Gasteiger partial charge < -0.3 is 9.32 Å². The Hall–Kier alpha value is -1.49. The molecule has 0 atom stereocenters.